The van der Waals surface area contributed by atoms with E-state index in [1.807, 2.05) is 0 Å². The van der Waals surface area contributed by atoms with Gasteiger partial charge in [-0.15, -0.1) is 0 Å². The zero-order chi connectivity index (χ0) is 18.3. The topological polar surface area (TPSA) is 57.2 Å². The van der Waals surface area contributed by atoms with Crippen LogP contribution in [0.1, 0.15) is 38.1 Å². The van der Waals surface area contributed by atoms with Crippen LogP contribution in [0.4, 0.5) is 0 Å². The molecule has 6 nitrogen and oxygen atoms in total. The number of carbonyl (C=O) groups excluding carboxylic acids is 1. The first-order chi connectivity index (χ1) is 11.3. The lowest BCUT2D eigenvalue weighted by molar-refractivity contribution is 0.0416. The lowest BCUT2D eigenvalue weighted by atomic mass is 10.2. The molecule has 0 aromatic heterocycles. The van der Waals surface area contributed by atoms with Crippen LogP contribution in [0.15, 0.2) is 12.1 Å². The summed E-state index contributed by atoms with van der Waals surface area (Å²) in [6.45, 7) is 9.52. The van der Waals surface area contributed by atoms with Gasteiger partial charge in [0.1, 0.15) is 6.61 Å². The van der Waals surface area contributed by atoms with Gasteiger partial charge in [0.25, 0.3) is 0 Å². The molecule has 0 saturated carbocycles. The smallest absolute Gasteiger partial charge is 0.338 e. The summed E-state index contributed by atoms with van der Waals surface area (Å²) in [6, 6.07) is 3.97. The fourth-order valence-corrected chi connectivity index (χ4v) is 2.64. The van der Waals surface area contributed by atoms with Crippen molar-refractivity contribution in [1.82, 2.24) is 4.90 Å². The van der Waals surface area contributed by atoms with Gasteiger partial charge in [0.15, 0.2) is 11.5 Å². The summed E-state index contributed by atoms with van der Waals surface area (Å²) in [5.41, 5.74) is 0.366. The quantitative estimate of drug-likeness (QED) is 0.645. The van der Waals surface area contributed by atoms with E-state index in [1.165, 1.54) is 21.3 Å². The Bertz CT molecular complexity index is 509. The molecule has 0 aliphatic rings. The van der Waals surface area contributed by atoms with Crippen molar-refractivity contribution in [1.29, 1.82) is 0 Å². The van der Waals surface area contributed by atoms with Crippen LogP contribution in [0.2, 0.25) is 0 Å². The second-order valence-corrected chi connectivity index (χ2v) is 5.98. The van der Waals surface area contributed by atoms with Gasteiger partial charge in [-0.25, -0.2) is 4.79 Å². The molecule has 0 spiro atoms. The Morgan fingerprint density at radius 2 is 1.46 bits per heavy atom. The number of carbonyl (C=O) groups is 1. The Morgan fingerprint density at radius 1 is 0.958 bits per heavy atom. The van der Waals surface area contributed by atoms with E-state index in [1.54, 1.807) is 12.1 Å². The molecule has 0 unspecified atom stereocenters. The number of rotatable bonds is 9. The van der Waals surface area contributed by atoms with Gasteiger partial charge >= 0.3 is 5.97 Å². The van der Waals surface area contributed by atoms with Crippen molar-refractivity contribution in [3.05, 3.63) is 17.7 Å². The highest BCUT2D eigenvalue weighted by Gasteiger charge is 2.19. The second-order valence-electron chi connectivity index (χ2n) is 5.98. The van der Waals surface area contributed by atoms with Crippen LogP contribution in [-0.4, -0.2) is 57.4 Å². The van der Waals surface area contributed by atoms with Crippen LogP contribution in [0, 0.1) is 0 Å². The van der Waals surface area contributed by atoms with Gasteiger partial charge in [-0.05, 0) is 39.8 Å². The largest absolute Gasteiger partial charge is 0.493 e. The molecule has 136 valence electrons. The molecule has 0 amide bonds. The second kappa shape index (κ2) is 9.37. The maximum absolute atomic E-state index is 12.3. The summed E-state index contributed by atoms with van der Waals surface area (Å²) >= 11 is 0. The third-order valence-electron chi connectivity index (χ3n) is 3.81. The van der Waals surface area contributed by atoms with Crippen LogP contribution < -0.4 is 14.2 Å². The van der Waals surface area contributed by atoms with Crippen molar-refractivity contribution in [3.63, 3.8) is 0 Å². The molecular weight excluding hydrogens is 310 g/mol. The number of esters is 1. The van der Waals surface area contributed by atoms with E-state index in [2.05, 4.69) is 32.6 Å². The number of methoxy groups -OCH3 is 3. The van der Waals surface area contributed by atoms with Crippen molar-refractivity contribution in [2.75, 3.05) is 34.5 Å². The summed E-state index contributed by atoms with van der Waals surface area (Å²) in [6.07, 6.45) is 0. The molecule has 1 aromatic carbocycles. The monoisotopic (exact) mass is 339 g/mol. The third-order valence-corrected chi connectivity index (χ3v) is 3.81. The molecule has 0 fully saturated rings. The van der Waals surface area contributed by atoms with Crippen molar-refractivity contribution in [2.24, 2.45) is 0 Å². The van der Waals surface area contributed by atoms with Gasteiger partial charge in [-0.1, -0.05) is 0 Å². The zero-order valence-corrected chi connectivity index (χ0v) is 15.7. The minimum Gasteiger partial charge on any atom is -0.493 e. The van der Waals surface area contributed by atoms with Crippen LogP contribution in [0.5, 0.6) is 17.2 Å². The summed E-state index contributed by atoms with van der Waals surface area (Å²) < 4.78 is 21.2. The minimum atomic E-state index is -0.415. The molecule has 6 heteroatoms. The average Bonchev–Trinajstić information content (AvgIpc) is 2.56. The Labute approximate surface area is 144 Å². The number of nitrogens with zero attached hydrogens (tertiary/aromatic N) is 1. The van der Waals surface area contributed by atoms with Crippen LogP contribution in [0.25, 0.3) is 0 Å². The van der Waals surface area contributed by atoms with E-state index < -0.39 is 5.97 Å². The molecule has 0 saturated heterocycles. The van der Waals surface area contributed by atoms with E-state index in [9.17, 15) is 4.79 Å². The Kier molecular flexibility index (Phi) is 7.85. The van der Waals surface area contributed by atoms with Gasteiger partial charge in [-0.3, -0.25) is 4.90 Å². The average molecular weight is 339 g/mol. The first-order valence-corrected chi connectivity index (χ1v) is 8.08. The van der Waals surface area contributed by atoms with Gasteiger partial charge in [0.2, 0.25) is 5.75 Å². The van der Waals surface area contributed by atoms with E-state index in [4.69, 9.17) is 18.9 Å². The van der Waals surface area contributed by atoms with Gasteiger partial charge in [0, 0.05) is 18.6 Å². The molecular formula is C18H29NO5. The minimum absolute atomic E-state index is 0.325. The normalized spacial score (nSPS) is 11.1. The van der Waals surface area contributed by atoms with Crippen molar-refractivity contribution < 1.29 is 23.7 Å². The maximum atomic E-state index is 12.3. The van der Waals surface area contributed by atoms with E-state index in [0.29, 0.717) is 48.0 Å². The molecule has 0 aliphatic heterocycles. The van der Waals surface area contributed by atoms with Crippen molar-refractivity contribution in [2.45, 2.75) is 39.8 Å². The fourth-order valence-electron chi connectivity index (χ4n) is 2.64. The van der Waals surface area contributed by atoms with E-state index in [-0.39, 0.29) is 0 Å². The molecule has 0 N–H and O–H groups in total. The highest BCUT2D eigenvalue weighted by molar-refractivity contribution is 5.91. The first kappa shape index (κ1) is 20.1. The van der Waals surface area contributed by atoms with E-state index in [0.717, 1.165) is 0 Å². The number of hydrogen-bond acceptors (Lipinski definition) is 6. The van der Waals surface area contributed by atoms with E-state index >= 15 is 0 Å². The molecule has 1 aromatic rings. The summed E-state index contributed by atoms with van der Waals surface area (Å²) in [4.78, 5) is 14.6. The van der Waals surface area contributed by atoms with Crippen molar-refractivity contribution >= 4 is 5.97 Å². The predicted octanol–water partition coefficient (Wildman–Crippen LogP) is 2.99. The van der Waals surface area contributed by atoms with Gasteiger partial charge in [-0.2, -0.15) is 0 Å². The lowest BCUT2D eigenvalue weighted by Gasteiger charge is -2.30. The summed E-state index contributed by atoms with van der Waals surface area (Å²) in [5, 5.41) is 0. The van der Waals surface area contributed by atoms with Crippen molar-refractivity contribution in [3.8, 4) is 17.2 Å². The third kappa shape index (κ3) is 5.03. The molecule has 0 aliphatic carbocycles. The SMILES string of the molecule is COc1cc(C(=O)OCCN(C(C)C)C(C)C)cc(OC)c1OC. The molecule has 24 heavy (non-hydrogen) atoms. The number of hydrogen-bond donors (Lipinski definition) is 0. The van der Waals surface area contributed by atoms with Crippen LogP contribution >= 0.6 is 0 Å². The van der Waals surface area contributed by atoms with Crippen LogP contribution in [0.3, 0.4) is 0 Å². The molecule has 0 radical (unpaired) electrons. The van der Waals surface area contributed by atoms with Gasteiger partial charge in [0.05, 0.1) is 26.9 Å². The lowest BCUT2D eigenvalue weighted by Crippen LogP contribution is -2.39. The highest BCUT2D eigenvalue weighted by atomic mass is 16.5. The Hall–Kier alpha value is -1.95. The highest BCUT2D eigenvalue weighted by Crippen LogP contribution is 2.38. The molecule has 0 atom stereocenters. The predicted molar refractivity (Wildman–Crippen MR) is 93.4 cm³/mol. The molecule has 0 heterocycles. The molecule has 1 rings (SSSR count). The standard InChI is InChI=1S/C18H29NO5/c1-12(2)19(13(3)4)8-9-24-18(20)14-10-15(21-5)17(23-7)16(11-14)22-6/h10-13H,8-9H2,1-7H3. The maximum Gasteiger partial charge on any atom is 0.338 e. The number of ether oxygens (including phenoxy) is 4. The fraction of sp³-hybridized carbons (Fsp3) is 0.611. The van der Waals surface area contributed by atoms with Gasteiger partial charge < -0.3 is 18.9 Å². The summed E-state index contributed by atoms with van der Waals surface area (Å²) in [7, 11) is 4.54. The number of benzene rings is 1. The summed E-state index contributed by atoms with van der Waals surface area (Å²) in [5.74, 6) is 0.883. The Morgan fingerprint density at radius 3 is 1.83 bits per heavy atom. The zero-order valence-electron chi connectivity index (χ0n) is 15.7. The molecule has 0 bridgehead atoms. The van der Waals surface area contributed by atoms with Crippen LogP contribution in [-0.2, 0) is 4.74 Å². The first-order valence-electron chi connectivity index (χ1n) is 8.08. The Balaban J connectivity index is 2.81.